The van der Waals surface area contributed by atoms with E-state index in [9.17, 15) is 4.79 Å². The second-order valence-corrected chi connectivity index (χ2v) is 7.20. The number of nitrogens with one attached hydrogen (secondary N) is 1. The van der Waals surface area contributed by atoms with Crippen LogP contribution in [0.15, 0.2) is 42.5 Å². The summed E-state index contributed by atoms with van der Waals surface area (Å²) in [4.78, 5) is 17.4. The van der Waals surface area contributed by atoms with Gasteiger partial charge in [0.25, 0.3) is 5.91 Å². The van der Waals surface area contributed by atoms with Crippen LogP contribution in [0.5, 0.6) is 0 Å². The summed E-state index contributed by atoms with van der Waals surface area (Å²) >= 11 is 0. The van der Waals surface area contributed by atoms with Crippen molar-refractivity contribution >= 4 is 16.8 Å². The maximum Gasteiger partial charge on any atom is 0.251 e. The minimum atomic E-state index is -0.137. The van der Waals surface area contributed by atoms with E-state index < -0.39 is 0 Å². The number of benzene rings is 2. The number of aliphatic hydroxyl groups excluding tert-OH is 1. The molecule has 4 heteroatoms. The number of carbonyl (C=O) groups excluding carboxylic acids is 1. The molecule has 1 heterocycles. The summed E-state index contributed by atoms with van der Waals surface area (Å²) in [5.41, 5.74) is 6.97. The minimum absolute atomic E-state index is 0.0561. The number of hydrogen-bond donors (Lipinski definition) is 2. The molecule has 0 aliphatic carbocycles. The lowest BCUT2D eigenvalue weighted by Crippen LogP contribution is -2.33. The Morgan fingerprint density at radius 2 is 1.89 bits per heavy atom. The number of aromatic nitrogens is 1. The lowest BCUT2D eigenvalue weighted by molar-refractivity contribution is 0.0934. The van der Waals surface area contributed by atoms with Crippen molar-refractivity contribution < 1.29 is 9.90 Å². The average Bonchev–Trinajstić information content (AvgIpc) is 2.65. The van der Waals surface area contributed by atoms with Crippen LogP contribution in [-0.2, 0) is 0 Å². The Hall–Kier alpha value is -2.72. The molecule has 3 rings (SSSR count). The molecule has 1 amide bonds. The van der Waals surface area contributed by atoms with Gasteiger partial charge in [0.15, 0.2) is 0 Å². The molecular weight excluding hydrogens is 336 g/mol. The topological polar surface area (TPSA) is 62.2 Å². The van der Waals surface area contributed by atoms with Crippen LogP contribution in [0, 0.1) is 20.8 Å². The lowest BCUT2D eigenvalue weighted by Gasteiger charge is -2.14. The summed E-state index contributed by atoms with van der Waals surface area (Å²) in [6.45, 7) is 8.23. The number of carbonyl (C=O) groups is 1. The van der Waals surface area contributed by atoms with Crippen LogP contribution >= 0.6 is 0 Å². The molecule has 4 nitrogen and oxygen atoms in total. The van der Waals surface area contributed by atoms with Crippen LogP contribution in [0.3, 0.4) is 0 Å². The largest absolute Gasteiger partial charge is 0.396 e. The second kappa shape index (κ2) is 7.89. The van der Waals surface area contributed by atoms with Gasteiger partial charge in [-0.15, -0.1) is 0 Å². The van der Waals surface area contributed by atoms with Crippen molar-refractivity contribution in [1.29, 1.82) is 0 Å². The normalized spacial score (nSPS) is 12.2. The molecule has 27 heavy (non-hydrogen) atoms. The number of nitrogens with zero attached hydrogens (tertiary/aromatic N) is 1. The highest BCUT2D eigenvalue weighted by molar-refractivity contribution is 5.96. The summed E-state index contributed by atoms with van der Waals surface area (Å²) in [7, 11) is 0. The van der Waals surface area contributed by atoms with Gasteiger partial charge in [0, 0.05) is 29.2 Å². The van der Waals surface area contributed by atoms with E-state index in [2.05, 4.69) is 44.3 Å². The first-order valence-electron chi connectivity index (χ1n) is 9.30. The number of aliphatic hydroxyl groups is 1. The highest BCUT2D eigenvalue weighted by Gasteiger charge is 2.12. The Balaban J connectivity index is 2.00. The Morgan fingerprint density at radius 3 is 2.63 bits per heavy atom. The first kappa shape index (κ1) is 19.1. The molecule has 1 aromatic heterocycles. The number of pyridine rings is 1. The highest BCUT2D eigenvalue weighted by atomic mass is 16.3. The SMILES string of the molecule is Cc1ccc2c(C)cc(-c3cccc(C(=O)NC(C)CCO)c3)nc2c1C. The monoisotopic (exact) mass is 362 g/mol. The molecule has 0 fully saturated rings. The van der Waals surface area contributed by atoms with Crippen LogP contribution in [0.1, 0.15) is 40.4 Å². The molecule has 0 radical (unpaired) electrons. The minimum Gasteiger partial charge on any atom is -0.396 e. The number of amides is 1. The van der Waals surface area contributed by atoms with E-state index in [0.29, 0.717) is 12.0 Å². The molecule has 1 atom stereocenters. The molecule has 0 saturated carbocycles. The molecule has 0 aliphatic rings. The van der Waals surface area contributed by atoms with Gasteiger partial charge in [-0.3, -0.25) is 4.79 Å². The number of aryl methyl sites for hydroxylation is 3. The smallest absolute Gasteiger partial charge is 0.251 e. The van der Waals surface area contributed by atoms with Crippen LogP contribution in [0.2, 0.25) is 0 Å². The van der Waals surface area contributed by atoms with Crippen LogP contribution in [0.4, 0.5) is 0 Å². The first-order chi connectivity index (χ1) is 12.9. The standard InChI is InChI=1S/C23H26N2O2/c1-14-8-9-20-15(2)12-21(25-22(20)17(14)4)18-6-5-7-19(13-18)23(27)24-16(3)10-11-26/h5-9,12-13,16,26H,10-11H2,1-4H3,(H,24,27). The Bertz CT molecular complexity index is 995. The van der Waals surface area contributed by atoms with Gasteiger partial charge in [0.1, 0.15) is 0 Å². The van der Waals surface area contributed by atoms with E-state index in [1.54, 1.807) is 6.07 Å². The molecule has 2 aromatic carbocycles. The molecule has 0 spiro atoms. The first-order valence-corrected chi connectivity index (χ1v) is 9.30. The van der Waals surface area contributed by atoms with Crippen LogP contribution in [0.25, 0.3) is 22.2 Å². The third-order valence-corrected chi connectivity index (χ3v) is 5.07. The molecule has 3 aromatic rings. The van der Waals surface area contributed by atoms with Gasteiger partial charge in [-0.25, -0.2) is 4.98 Å². The number of hydrogen-bond acceptors (Lipinski definition) is 3. The maximum atomic E-state index is 12.5. The fraction of sp³-hybridized carbons (Fsp3) is 0.304. The van der Waals surface area contributed by atoms with E-state index in [0.717, 1.165) is 22.2 Å². The molecule has 0 bridgehead atoms. The van der Waals surface area contributed by atoms with Crippen molar-refractivity contribution in [3.05, 3.63) is 64.7 Å². The van der Waals surface area contributed by atoms with Crippen LogP contribution in [-0.4, -0.2) is 28.6 Å². The zero-order valence-corrected chi connectivity index (χ0v) is 16.3. The predicted molar refractivity (Wildman–Crippen MR) is 110 cm³/mol. The third-order valence-electron chi connectivity index (χ3n) is 5.07. The highest BCUT2D eigenvalue weighted by Crippen LogP contribution is 2.28. The van der Waals surface area contributed by atoms with Crippen molar-refractivity contribution in [2.45, 2.75) is 40.2 Å². The fourth-order valence-corrected chi connectivity index (χ4v) is 3.24. The van der Waals surface area contributed by atoms with Crippen molar-refractivity contribution in [3.63, 3.8) is 0 Å². The predicted octanol–water partition coefficient (Wildman–Crippen LogP) is 4.33. The summed E-state index contributed by atoms with van der Waals surface area (Å²) in [6, 6.07) is 13.8. The van der Waals surface area contributed by atoms with E-state index >= 15 is 0 Å². The number of fused-ring (bicyclic) bond motifs is 1. The van der Waals surface area contributed by atoms with Gasteiger partial charge in [-0.2, -0.15) is 0 Å². The summed E-state index contributed by atoms with van der Waals surface area (Å²) in [6.07, 6.45) is 0.537. The van der Waals surface area contributed by atoms with E-state index in [1.165, 1.54) is 16.7 Å². The van der Waals surface area contributed by atoms with Gasteiger partial charge in [-0.05, 0) is 69.0 Å². The second-order valence-electron chi connectivity index (χ2n) is 7.20. The van der Waals surface area contributed by atoms with Crippen molar-refractivity contribution in [3.8, 4) is 11.3 Å². The van der Waals surface area contributed by atoms with Gasteiger partial charge in [-0.1, -0.05) is 24.3 Å². The van der Waals surface area contributed by atoms with E-state index in [1.807, 2.05) is 25.1 Å². The van der Waals surface area contributed by atoms with Crippen molar-refractivity contribution in [1.82, 2.24) is 10.3 Å². The van der Waals surface area contributed by atoms with E-state index in [4.69, 9.17) is 10.1 Å². The molecule has 140 valence electrons. The number of rotatable bonds is 5. The van der Waals surface area contributed by atoms with Gasteiger partial charge >= 0.3 is 0 Å². The Kier molecular flexibility index (Phi) is 5.57. The van der Waals surface area contributed by atoms with Crippen molar-refractivity contribution in [2.24, 2.45) is 0 Å². The molecule has 0 aliphatic heterocycles. The van der Waals surface area contributed by atoms with Crippen LogP contribution < -0.4 is 5.32 Å². The zero-order valence-electron chi connectivity index (χ0n) is 16.3. The molecule has 1 unspecified atom stereocenters. The fourth-order valence-electron chi connectivity index (χ4n) is 3.24. The molecular formula is C23H26N2O2. The average molecular weight is 362 g/mol. The molecule has 0 saturated heterocycles. The van der Waals surface area contributed by atoms with Crippen molar-refractivity contribution in [2.75, 3.05) is 6.61 Å². The van der Waals surface area contributed by atoms with Gasteiger partial charge in [0.2, 0.25) is 0 Å². The zero-order chi connectivity index (χ0) is 19.6. The van der Waals surface area contributed by atoms with Gasteiger partial charge < -0.3 is 10.4 Å². The molecule has 2 N–H and O–H groups in total. The Morgan fingerprint density at radius 1 is 1.11 bits per heavy atom. The summed E-state index contributed by atoms with van der Waals surface area (Å²) < 4.78 is 0. The summed E-state index contributed by atoms with van der Waals surface area (Å²) in [5, 5.41) is 13.1. The maximum absolute atomic E-state index is 12.5. The van der Waals surface area contributed by atoms with E-state index in [-0.39, 0.29) is 18.6 Å². The quantitative estimate of drug-likeness (QED) is 0.710. The third kappa shape index (κ3) is 4.01. The lowest BCUT2D eigenvalue weighted by atomic mass is 9.99. The Labute approximate surface area is 160 Å². The summed E-state index contributed by atoms with van der Waals surface area (Å²) in [5.74, 6) is -0.137. The van der Waals surface area contributed by atoms with Gasteiger partial charge in [0.05, 0.1) is 11.2 Å².